The summed E-state index contributed by atoms with van der Waals surface area (Å²) in [7, 11) is -1.84. The highest BCUT2D eigenvalue weighted by atomic mass is 32.2. The first-order valence-corrected chi connectivity index (χ1v) is 8.76. The lowest BCUT2D eigenvalue weighted by molar-refractivity contribution is 0.474. The normalized spacial score (nSPS) is 18.9. The molecule has 1 aliphatic rings. The molecule has 1 saturated heterocycles. The minimum atomic E-state index is -3.49. The second-order valence-corrected chi connectivity index (χ2v) is 7.44. The van der Waals surface area contributed by atoms with Crippen LogP contribution >= 0.6 is 0 Å². The molecule has 23 heavy (non-hydrogen) atoms. The number of aryl methyl sites for hydroxylation is 1. The van der Waals surface area contributed by atoms with Gasteiger partial charge in [0.2, 0.25) is 10.0 Å². The number of nitrogens with zero attached hydrogens (tertiary/aromatic N) is 3. The molecule has 3 rings (SSSR count). The Morgan fingerprint density at radius 1 is 1.26 bits per heavy atom. The first-order valence-electron chi connectivity index (χ1n) is 7.32. The summed E-state index contributed by atoms with van der Waals surface area (Å²) in [6.07, 6.45) is 3.75. The van der Waals surface area contributed by atoms with Crippen LogP contribution in [0.3, 0.4) is 0 Å². The number of nitrogens with one attached hydrogen (secondary N) is 1. The molecule has 0 saturated carbocycles. The minimum absolute atomic E-state index is 0.129. The molecule has 1 fully saturated rings. The predicted molar refractivity (Wildman–Crippen MR) is 86.7 cm³/mol. The van der Waals surface area contributed by atoms with E-state index < -0.39 is 10.0 Å². The van der Waals surface area contributed by atoms with Crippen molar-refractivity contribution in [1.29, 1.82) is 0 Å². The molecule has 2 aromatic rings. The van der Waals surface area contributed by atoms with Crippen LogP contribution in [0.4, 0.5) is 5.82 Å². The highest BCUT2D eigenvalue weighted by Crippen LogP contribution is 2.21. The SMILES string of the molecule is Cn1ccnc(N[C@H]2CCN(S(=O)(=O)c3ccccc3)C2)c1=O. The average molecular weight is 334 g/mol. The molecule has 8 heteroatoms. The molecule has 1 aliphatic heterocycles. The van der Waals surface area contributed by atoms with Crippen molar-refractivity contribution < 1.29 is 8.42 Å². The summed E-state index contributed by atoms with van der Waals surface area (Å²) in [4.78, 5) is 16.3. The van der Waals surface area contributed by atoms with Crippen molar-refractivity contribution in [2.75, 3.05) is 18.4 Å². The number of anilines is 1. The van der Waals surface area contributed by atoms with Crippen LogP contribution in [0.15, 0.2) is 52.4 Å². The summed E-state index contributed by atoms with van der Waals surface area (Å²) in [6.45, 7) is 0.735. The molecule has 1 aromatic heterocycles. The quantitative estimate of drug-likeness (QED) is 0.888. The van der Waals surface area contributed by atoms with Gasteiger partial charge < -0.3 is 9.88 Å². The maximum Gasteiger partial charge on any atom is 0.293 e. The van der Waals surface area contributed by atoms with E-state index in [0.717, 1.165) is 0 Å². The van der Waals surface area contributed by atoms with Gasteiger partial charge in [-0.2, -0.15) is 4.31 Å². The second-order valence-electron chi connectivity index (χ2n) is 5.50. The third-order valence-corrected chi connectivity index (χ3v) is 5.77. The fourth-order valence-electron chi connectivity index (χ4n) is 2.60. The Morgan fingerprint density at radius 3 is 2.74 bits per heavy atom. The van der Waals surface area contributed by atoms with Gasteiger partial charge in [-0.05, 0) is 18.6 Å². The van der Waals surface area contributed by atoms with Crippen LogP contribution in [-0.4, -0.2) is 41.4 Å². The number of hydrogen-bond acceptors (Lipinski definition) is 5. The molecular formula is C15H18N4O3S. The van der Waals surface area contributed by atoms with Crippen LogP contribution in [0.2, 0.25) is 0 Å². The van der Waals surface area contributed by atoms with Crippen molar-refractivity contribution in [2.45, 2.75) is 17.4 Å². The molecule has 7 nitrogen and oxygen atoms in total. The first-order chi connectivity index (χ1) is 11.0. The van der Waals surface area contributed by atoms with Gasteiger partial charge in [-0.25, -0.2) is 13.4 Å². The van der Waals surface area contributed by atoms with Crippen LogP contribution in [0.5, 0.6) is 0 Å². The number of sulfonamides is 1. The van der Waals surface area contributed by atoms with E-state index in [4.69, 9.17) is 0 Å². The topological polar surface area (TPSA) is 84.3 Å². The third-order valence-electron chi connectivity index (χ3n) is 3.89. The van der Waals surface area contributed by atoms with Crippen molar-refractivity contribution in [1.82, 2.24) is 13.9 Å². The Bertz CT molecular complexity index is 849. The Balaban J connectivity index is 1.74. The van der Waals surface area contributed by atoms with E-state index in [9.17, 15) is 13.2 Å². The van der Waals surface area contributed by atoms with Crippen molar-refractivity contribution in [3.8, 4) is 0 Å². The molecule has 0 amide bonds. The average Bonchev–Trinajstić information content (AvgIpc) is 3.02. The zero-order chi connectivity index (χ0) is 16.4. The fourth-order valence-corrected chi connectivity index (χ4v) is 4.12. The third kappa shape index (κ3) is 3.13. The molecule has 0 aliphatic carbocycles. The van der Waals surface area contributed by atoms with Crippen LogP contribution in [0.1, 0.15) is 6.42 Å². The van der Waals surface area contributed by atoms with E-state index in [1.165, 1.54) is 15.1 Å². The van der Waals surface area contributed by atoms with Crippen LogP contribution < -0.4 is 10.9 Å². The lowest BCUT2D eigenvalue weighted by atomic mass is 10.2. The van der Waals surface area contributed by atoms with Gasteiger partial charge in [0, 0.05) is 38.6 Å². The fraction of sp³-hybridized carbons (Fsp3) is 0.333. The monoisotopic (exact) mass is 334 g/mol. The molecule has 1 N–H and O–H groups in total. The van der Waals surface area contributed by atoms with E-state index in [2.05, 4.69) is 10.3 Å². The highest BCUT2D eigenvalue weighted by Gasteiger charge is 2.32. The van der Waals surface area contributed by atoms with Crippen LogP contribution in [0.25, 0.3) is 0 Å². The van der Waals surface area contributed by atoms with Crippen molar-refractivity contribution in [3.63, 3.8) is 0 Å². The Hall–Kier alpha value is -2.19. The van der Waals surface area contributed by atoms with Gasteiger partial charge in [0.05, 0.1) is 4.90 Å². The molecular weight excluding hydrogens is 316 g/mol. The molecule has 0 unspecified atom stereocenters. The van der Waals surface area contributed by atoms with Crippen LogP contribution in [0, 0.1) is 0 Å². The van der Waals surface area contributed by atoms with E-state index in [-0.39, 0.29) is 22.3 Å². The zero-order valence-corrected chi connectivity index (χ0v) is 13.5. The predicted octanol–water partition coefficient (Wildman–Crippen LogP) is 0.655. The maximum absolute atomic E-state index is 12.6. The van der Waals surface area contributed by atoms with Crippen molar-refractivity contribution >= 4 is 15.8 Å². The molecule has 122 valence electrons. The Kier molecular flexibility index (Phi) is 4.18. The van der Waals surface area contributed by atoms with E-state index in [1.807, 2.05) is 0 Å². The smallest absolute Gasteiger partial charge is 0.293 e. The number of hydrogen-bond donors (Lipinski definition) is 1. The molecule has 0 radical (unpaired) electrons. The lowest BCUT2D eigenvalue weighted by Crippen LogP contribution is -2.33. The summed E-state index contributed by atoms with van der Waals surface area (Å²) in [5, 5.41) is 3.05. The van der Waals surface area contributed by atoms with E-state index >= 15 is 0 Å². The number of aromatic nitrogens is 2. The van der Waals surface area contributed by atoms with Crippen molar-refractivity contribution in [2.24, 2.45) is 7.05 Å². The first kappa shape index (κ1) is 15.7. The van der Waals surface area contributed by atoms with Crippen molar-refractivity contribution in [3.05, 3.63) is 53.1 Å². The van der Waals surface area contributed by atoms with E-state index in [1.54, 1.807) is 43.6 Å². The minimum Gasteiger partial charge on any atom is -0.361 e. The Morgan fingerprint density at radius 2 is 2.00 bits per heavy atom. The summed E-state index contributed by atoms with van der Waals surface area (Å²) < 4.78 is 28.0. The van der Waals surface area contributed by atoms with Crippen LogP contribution in [-0.2, 0) is 17.1 Å². The second kappa shape index (κ2) is 6.13. The van der Waals surface area contributed by atoms with Gasteiger partial charge in [-0.3, -0.25) is 4.79 Å². The largest absolute Gasteiger partial charge is 0.361 e. The number of rotatable bonds is 4. The van der Waals surface area contributed by atoms with Gasteiger partial charge in [0.15, 0.2) is 5.82 Å². The molecule has 1 atom stereocenters. The Labute approximate surface area is 134 Å². The summed E-state index contributed by atoms with van der Waals surface area (Å²) in [5.41, 5.74) is -0.225. The van der Waals surface area contributed by atoms with E-state index in [0.29, 0.717) is 19.5 Å². The van der Waals surface area contributed by atoms with Gasteiger partial charge in [-0.15, -0.1) is 0 Å². The summed E-state index contributed by atoms with van der Waals surface area (Å²) >= 11 is 0. The van der Waals surface area contributed by atoms with Gasteiger partial charge in [0.25, 0.3) is 5.56 Å². The van der Waals surface area contributed by atoms with Gasteiger partial charge in [0.1, 0.15) is 0 Å². The molecule has 0 bridgehead atoms. The summed E-state index contributed by atoms with van der Waals surface area (Å²) in [5.74, 6) is 0.249. The van der Waals surface area contributed by atoms with Gasteiger partial charge in [-0.1, -0.05) is 18.2 Å². The highest BCUT2D eigenvalue weighted by molar-refractivity contribution is 7.89. The zero-order valence-electron chi connectivity index (χ0n) is 12.7. The molecule has 0 spiro atoms. The molecule has 2 heterocycles. The lowest BCUT2D eigenvalue weighted by Gasteiger charge is -2.17. The molecule has 1 aromatic carbocycles. The maximum atomic E-state index is 12.6. The number of benzene rings is 1. The summed E-state index contributed by atoms with van der Waals surface area (Å²) in [6, 6.07) is 8.24. The standard InChI is InChI=1S/C15H18N4O3S/c1-18-10-8-16-14(15(18)20)17-12-7-9-19(11-12)23(21,22)13-5-3-2-4-6-13/h2-6,8,10,12H,7,9,11H2,1H3,(H,16,17)/t12-/m0/s1. The van der Waals surface area contributed by atoms with Gasteiger partial charge >= 0.3 is 0 Å².